The lowest BCUT2D eigenvalue weighted by Gasteiger charge is -2.19. The standard InChI is InChI=1S/C20H26N4O3/c1-16(18-7-4-3-5-8-18)23-20(21-13-6-14-27-2)22-15-17-9-11-19(12-10-17)24(25)26/h3-5,7-12,16H,6,13-15H2,1-2H3,(H2,21,22,23). The zero-order valence-electron chi connectivity index (χ0n) is 15.7. The third-order valence-electron chi connectivity index (χ3n) is 4.04. The van der Waals surface area contributed by atoms with E-state index in [4.69, 9.17) is 4.74 Å². The van der Waals surface area contributed by atoms with Crippen molar-refractivity contribution in [2.45, 2.75) is 25.9 Å². The van der Waals surface area contributed by atoms with Crippen LogP contribution in [0.15, 0.2) is 59.6 Å². The van der Waals surface area contributed by atoms with Gasteiger partial charge in [0.1, 0.15) is 0 Å². The van der Waals surface area contributed by atoms with Crippen LogP contribution in [0.1, 0.15) is 30.5 Å². The molecule has 144 valence electrons. The van der Waals surface area contributed by atoms with Gasteiger partial charge in [-0.3, -0.25) is 10.1 Å². The lowest BCUT2D eigenvalue weighted by atomic mass is 10.1. The van der Waals surface area contributed by atoms with Gasteiger partial charge in [0, 0.05) is 32.4 Å². The molecule has 0 saturated carbocycles. The molecular formula is C20H26N4O3. The number of methoxy groups -OCH3 is 1. The van der Waals surface area contributed by atoms with Crippen LogP contribution in [0.2, 0.25) is 0 Å². The minimum absolute atomic E-state index is 0.0801. The molecule has 7 nitrogen and oxygen atoms in total. The van der Waals surface area contributed by atoms with Gasteiger partial charge in [0.05, 0.1) is 17.5 Å². The second-order valence-electron chi connectivity index (χ2n) is 6.14. The monoisotopic (exact) mass is 370 g/mol. The summed E-state index contributed by atoms with van der Waals surface area (Å²) in [5.41, 5.74) is 2.15. The number of nitro groups is 1. The number of nitrogens with zero attached hydrogens (tertiary/aromatic N) is 2. The van der Waals surface area contributed by atoms with Crippen molar-refractivity contribution in [3.8, 4) is 0 Å². The van der Waals surface area contributed by atoms with Gasteiger partial charge >= 0.3 is 0 Å². The van der Waals surface area contributed by atoms with Crippen molar-refractivity contribution in [2.24, 2.45) is 4.99 Å². The molecule has 0 radical (unpaired) electrons. The van der Waals surface area contributed by atoms with Crippen LogP contribution in [-0.4, -0.2) is 31.1 Å². The smallest absolute Gasteiger partial charge is 0.269 e. The first-order valence-corrected chi connectivity index (χ1v) is 8.92. The van der Waals surface area contributed by atoms with Crippen LogP contribution in [0.3, 0.4) is 0 Å². The molecule has 7 heteroatoms. The molecule has 2 aromatic carbocycles. The van der Waals surface area contributed by atoms with E-state index in [0.717, 1.165) is 18.5 Å². The molecule has 0 amide bonds. The number of nitro benzene ring substituents is 1. The van der Waals surface area contributed by atoms with Crippen molar-refractivity contribution in [1.29, 1.82) is 0 Å². The minimum atomic E-state index is -0.404. The van der Waals surface area contributed by atoms with Crippen molar-refractivity contribution in [1.82, 2.24) is 10.6 Å². The number of ether oxygens (including phenoxy) is 1. The Morgan fingerprint density at radius 2 is 1.89 bits per heavy atom. The number of hydrogen-bond donors (Lipinski definition) is 2. The average Bonchev–Trinajstić information content (AvgIpc) is 2.70. The number of guanidine groups is 1. The molecule has 27 heavy (non-hydrogen) atoms. The summed E-state index contributed by atoms with van der Waals surface area (Å²) in [4.78, 5) is 15.0. The van der Waals surface area contributed by atoms with E-state index in [1.54, 1.807) is 19.2 Å². The van der Waals surface area contributed by atoms with Crippen LogP contribution in [0.25, 0.3) is 0 Å². The van der Waals surface area contributed by atoms with Gasteiger partial charge in [-0.15, -0.1) is 0 Å². The summed E-state index contributed by atoms with van der Waals surface area (Å²) in [5.74, 6) is 0.695. The van der Waals surface area contributed by atoms with Crippen molar-refractivity contribution in [3.05, 3.63) is 75.8 Å². The Morgan fingerprint density at radius 3 is 2.52 bits per heavy atom. The van der Waals surface area contributed by atoms with Gasteiger partial charge in [0.25, 0.3) is 5.69 Å². The SMILES string of the molecule is COCCCNC(=NCc1ccc([N+](=O)[O-])cc1)NC(C)c1ccccc1. The van der Waals surface area contributed by atoms with Gasteiger partial charge in [0.2, 0.25) is 0 Å². The molecule has 2 rings (SSSR count). The molecule has 0 spiro atoms. The molecule has 2 aromatic rings. The number of rotatable bonds is 9. The summed E-state index contributed by atoms with van der Waals surface area (Å²) in [7, 11) is 1.68. The summed E-state index contributed by atoms with van der Waals surface area (Å²) in [6, 6.07) is 16.7. The first kappa shape index (κ1) is 20.4. The molecule has 1 atom stereocenters. The molecule has 1 unspecified atom stereocenters. The fraction of sp³-hybridized carbons (Fsp3) is 0.350. The fourth-order valence-corrected chi connectivity index (χ4v) is 2.50. The Balaban J connectivity index is 2.03. The normalized spacial score (nSPS) is 12.4. The molecule has 0 saturated heterocycles. The topological polar surface area (TPSA) is 88.8 Å². The van der Waals surface area contributed by atoms with Crippen LogP contribution in [0.4, 0.5) is 5.69 Å². The number of benzene rings is 2. The molecule has 0 aliphatic rings. The number of non-ortho nitro benzene ring substituents is 1. The minimum Gasteiger partial charge on any atom is -0.385 e. The predicted molar refractivity (Wildman–Crippen MR) is 107 cm³/mol. The molecular weight excluding hydrogens is 344 g/mol. The molecule has 0 aliphatic carbocycles. The first-order chi connectivity index (χ1) is 13.1. The van der Waals surface area contributed by atoms with E-state index in [1.165, 1.54) is 17.7 Å². The van der Waals surface area contributed by atoms with Crippen molar-refractivity contribution < 1.29 is 9.66 Å². The molecule has 0 heterocycles. The van der Waals surface area contributed by atoms with E-state index in [2.05, 4.69) is 34.7 Å². The first-order valence-electron chi connectivity index (χ1n) is 8.92. The van der Waals surface area contributed by atoms with Gasteiger partial charge < -0.3 is 15.4 Å². The molecule has 2 N–H and O–H groups in total. The van der Waals surface area contributed by atoms with E-state index in [9.17, 15) is 10.1 Å². The maximum atomic E-state index is 10.8. The second kappa shape index (κ2) is 10.9. The fourth-order valence-electron chi connectivity index (χ4n) is 2.50. The Labute approximate surface area is 159 Å². The summed E-state index contributed by atoms with van der Waals surface area (Å²) in [6.45, 7) is 3.92. The Hall–Kier alpha value is -2.93. The van der Waals surface area contributed by atoms with Gasteiger partial charge in [-0.05, 0) is 24.5 Å². The highest BCUT2D eigenvalue weighted by Crippen LogP contribution is 2.13. The average molecular weight is 370 g/mol. The Bertz CT molecular complexity index is 733. The van der Waals surface area contributed by atoms with E-state index in [1.807, 2.05) is 18.2 Å². The summed E-state index contributed by atoms with van der Waals surface area (Å²) in [6.07, 6.45) is 0.869. The zero-order valence-corrected chi connectivity index (χ0v) is 15.7. The van der Waals surface area contributed by atoms with Crippen LogP contribution >= 0.6 is 0 Å². The maximum absolute atomic E-state index is 10.8. The van der Waals surface area contributed by atoms with Crippen LogP contribution < -0.4 is 10.6 Å². The predicted octanol–water partition coefficient (Wildman–Crippen LogP) is 3.43. The molecule has 0 aromatic heterocycles. The third kappa shape index (κ3) is 7.07. The quantitative estimate of drug-likeness (QED) is 0.232. The van der Waals surface area contributed by atoms with E-state index >= 15 is 0 Å². The van der Waals surface area contributed by atoms with Crippen LogP contribution in [-0.2, 0) is 11.3 Å². The lowest BCUT2D eigenvalue weighted by molar-refractivity contribution is -0.384. The zero-order chi connectivity index (χ0) is 19.5. The highest BCUT2D eigenvalue weighted by Gasteiger charge is 2.08. The molecule has 0 fully saturated rings. The maximum Gasteiger partial charge on any atom is 0.269 e. The van der Waals surface area contributed by atoms with E-state index in [-0.39, 0.29) is 11.7 Å². The molecule has 0 aliphatic heterocycles. The largest absolute Gasteiger partial charge is 0.385 e. The Kier molecular flexibility index (Phi) is 8.25. The Morgan fingerprint density at radius 1 is 1.19 bits per heavy atom. The van der Waals surface area contributed by atoms with Crippen molar-refractivity contribution in [3.63, 3.8) is 0 Å². The summed E-state index contributed by atoms with van der Waals surface area (Å²) < 4.78 is 5.08. The van der Waals surface area contributed by atoms with Gasteiger partial charge in [-0.25, -0.2) is 4.99 Å². The van der Waals surface area contributed by atoms with Crippen LogP contribution in [0, 0.1) is 10.1 Å². The summed E-state index contributed by atoms with van der Waals surface area (Å²) >= 11 is 0. The third-order valence-corrected chi connectivity index (χ3v) is 4.04. The van der Waals surface area contributed by atoms with Gasteiger partial charge in [0.15, 0.2) is 5.96 Å². The van der Waals surface area contributed by atoms with E-state index < -0.39 is 4.92 Å². The van der Waals surface area contributed by atoms with Crippen molar-refractivity contribution >= 4 is 11.6 Å². The van der Waals surface area contributed by atoms with Crippen molar-refractivity contribution in [2.75, 3.05) is 20.3 Å². The summed E-state index contributed by atoms with van der Waals surface area (Å²) in [5, 5.41) is 17.5. The van der Waals surface area contributed by atoms with Crippen LogP contribution in [0.5, 0.6) is 0 Å². The lowest BCUT2D eigenvalue weighted by Crippen LogP contribution is -2.39. The number of aliphatic imine (C=N–C) groups is 1. The highest BCUT2D eigenvalue weighted by molar-refractivity contribution is 5.80. The highest BCUT2D eigenvalue weighted by atomic mass is 16.6. The van der Waals surface area contributed by atoms with E-state index in [0.29, 0.717) is 19.1 Å². The molecule has 0 bridgehead atoms. The van der Waals surface area contributed by atoms with Gasteiger partial charge in [-0.2, -0.15) is 0 Å². The number of hydrogen-bond acceptors (Lipinski definition) is 4. The van der Waals surface area contributed by atoms with Gasteiger partial charge in [-0.1, -0.05) is 42.5 Å². The number of nitrogens with one attached hydrogen (secondary N) is 2. The second-order valence-corrected chi connectivity index (χ2v) is 6.14.